The largest absolute Gasteiger partial charge is 0.321 e. The van der Waals surface area contributed by atoms with E-state index < -0.39 is 17.7 Å². The number of rotatable bonds is 3. The summed E-state index contributed by atoms with van der Waals surface area (Å²) in [5.74, 6) is -1.22. The molecule has 0 aliphatic rings. The Bertz CT molecular complexity index is 470. The smallest absolute Gasteiger partial charge is 0.159 e. The second-order valence-corrected chi connectivity index (χ2v) is 3.43. The number of aromatic nitrogens is 3. The van der Waals surface area contributed by atoms with Gasteiger partial charge in [0.05, 0.1) is 6.04 Å². The molecule has 0 aliphatic carbocycles. The van der Waals surface area contributed by atoms with Gasteiger partial charge in [0.2, 0.25) is 0 Å². The average Bonchev–Trinajstić information content (AvgIpc) is 2.77. The van der Waals surface area contributed by atoms with Crippen LogP contribution >= 0.6 is 0 Å². The van der Waals surface area contributed by atoms with Gasteiger partial charge in [-0.3, -0.25) is 5.10 Å². The molecular weight excluding hydrogens is 214 g/mol. The highest BCUT2D eigenvalue weighted by Crippen LogP contribution is 2.14. The van der Waals surface area contributed by atoms with E-state index in [1.165, 1.54) is 12.4 Å². The maximum absolute atomic E-state index is 12.9. The lowest BCUT2D eigenvalue weighted by Gasteiger charge is -2.08. The van der Waals surface area contributed by atoms with Crippen LogP contribution in [0.5, 0.6) is 0 Å². The second kappa shape index (κ2) is 4.36. The summed E-state index contributed by atoms with van der Waals surface area (Å²) in [5.41, 5.74) is 6.42. The lowest BCUT2D eigenvalue weighted by Crippen LogP contribution is -2.15. The Balaban J connectivity index is 2.12. The fourth-order valence-electron chi connectivity index (χ4n) is 1.41. The van der Waals surface area contributed by atoms with Gasteiger partial charge in [0, 0.05) is 0 Å². The third-order valence-corrected chi connectivity index (χ3v) is 2.22. The van der Waals surface area contributed by atoms with E-state index in [9.17, 15) is 8.78 Å². The summed E-state index contributed by atoms with van der Waals surface area (Å²) in [6, 6.07) is 3.30. The second-order valence-electron chi connectivity index (χ2n) is 3.43. The first-order chi connectivity index (χ1) is 7.66. The van der Waals surface area contributed by atoms with Crippen LogP contribution in [0.2, 0.25) is 0 Å². The zero-order valence-corrected chi connectivity index (χ0v) is 8.32. The van der Waals surface area contributed by atoms with Crippen LogP contribution in [-0.2, 0) is 6.42 Å². The molecule has 1 unspecified atom stereocenters. The number of H-pyrrole nitrogens is 1. The summed E-state index contributed by atoms with van der Waals surface area (Å²) in [4.78, 5) is 3.89. The molecule has 2 rings (SSSR count). The van der Waals surface area contributed by atoms with E-state index in [1.807, 2.05) is 0 Å². The number of hydrogen-bond donors (Lipinski definition) is 2. The highest BCUT2D eigenvalue weighted by molar-refractivity contribution is 5.19. The van der Waals surface area contributed by atoms with Gasteiger partial charge in [-0.1, -0.05) is 6.07 Å². The summed E-state index contributed by atoms with van der Waals surface area (Å²) >= 11 is 0. The number of aromatic amines is 1. The number of benzene rings is 1. The van der Waals surface area contributed by atoms with E-state index in [2.05, 4.69) is 15.2 Å². The van der Waals surface area contributed by atoms with Gasteiger partial charge >= 0.3 is 0 Å². The summed E-state index contributed by atoms with van der Waals surface area (Å²) in [5, 5.41) is 6.30. The molecule has 1 atom stereocenters. The van der Waals surface area contributed by atoms with Crippen LogP contribution in [0.4, 0.5) is 8.78 Å². The molecule has 1 heterocycles. The van der Waals surface area contributed by atoms with E-state index in [0.717, 1.165) is 12.1 Å². The molecule has 0 amide bonds. The van der Waals surface area contributed by atoms with Gasteiger partial charge in [-0.15, -0.1) is 0 Å². The number of halogens is 2. The first-order valence-corrected chi connectivity index (χ1v) is 4.71. The van der Waals surface area contributed by atoms with E-state index >= 15 is 0 Å². The molecule has 4 nitrogen and oxygen atoms in total. The first-order valence-electron chi connectivity index (χ1n) is 4.71. The van der Waals surface area contributed by atoms with Crippen LogP contribution in [0.25, 0.3) is 0 Å². The van der Waals surface area contributed by atoms with Gasteiger partial charge in [-0.25, -0.2) is 13.8 Å². The molecule has 84 valence electrons. The van der Waals surface area contributed by atoms with E-state index in [1.54, 1.807) is 0 Å². The van der Waals surface area contributed by atoms with Crippen molar-refractivity contribution in [1.82, 2.24) is 15.2 Å². The van der Waals surface area contributed by atoms with Crippen molar-refractivity contribution in [1.29, 1.82) is 0 Å². The topological polar surface area (TPSA) is 67.6 Å². The molecule has 0 aliphatic heterocycles. The maximum Gasteiger partial charge on any atom is 0.159 e. The molecule has 0 bridgehead atoms. The molecule has 3 N–H and O–H groups in total. The molecule has 1 aromatic carbocycles. The molecule has 1 aromatic heterocycles. The quantitative estimate of drug-likeness (QED) is 0.826. The standard InChI is InChI=1S/C10H10F2N4/c11-7-2-1-6(3-8(7)12)4-9(13)10-14-5-15-16-10/h1-3,5,9H,4,13H2,(H,14,15,16). The highest BCUT2D eigenvalue weighted by atomic mass is 19.2. The van der Waals surface area contributed by atoms with Crippen LogP contribution in [0.15, 0.2) is 24.5 Å². The van der Waals surface area contributed by atoms with Crippen molar-refractivity contribution in [3.63, 3.8) is 0 Å². The molecular formula is C10H10F2N4. The first kappa shape index (κ1) is 10.7. The Morgan fingerprint density at radius 1 is 1.31 bits per heavy atom. The fraction of sp³-hybridized carbons (Fsp3) is 0.200. The average molecular weight is 224 g/mol. The normalized spacial score (nSPS) is 12.7. The van der Waals surface area contributed by atoms with Crippen molar-refractivity contribution < 1.29 is 8.78 Å². The van der Waals surface area contributed by atoms with Crippen molar-refractivity contribution in [3.05, 3.63) is 47.5 Å². The van der Waals surface area contributed by atoms with Gasteiger partial charge in [-0.2, -0.15) is 5.10 Å². The summed E-state index contributed by atoms with van der Waals surface area (Å²) in [6.45, 7) is 0. The molecule has 0 spiro atoms. The van der Waals surface area contributed by atoms with Crippen LogP contribution in [0.3, 0.4) is 0 Å². The van der Waals surface area contributed by atoms with Crippen molar-refractivity contribution >= 4 is 0 Å². The Morgan fingerprint density at radius 2 is 2.12 bits per heavy atom. The number of nitrogens with zero attached hydrogens (tertiary/aromatic N) is 2. The SMILES string of the molecule is NC(Cc1ccc(F)c(F)c1)c1ncn[nH]1. The molecule has 2 aromatic rings. The third-order valence-electron chi connectivity index (χ3n) is 2.22. The van der Waals surface area contributed by atoms with Gasteiger partial charge < -0.3 is 5.73 Å². The molecule has 0 saturated carbocycles. The van der Waals surface area contributed by atoms with Crippen LogP contribution < -0.4 is 5.73 Å². The Labute approximate surface area is 90.5 Å². The Kier molecular flexibility index (Phi) is 2.91. The lowest BCUT2D eigenvalue weighted by molar-refractivity contribution is 0.506. The summed E-state index contributed by atoms with van der Waals surface area (Å²) in [6.07, 6.45) is 1.72. The minimum absolute atomic E-state index is 0.367. The zero-order chi connectivity index (χ0) is 11.5. The minimum Gasteiger partial charge on any atom is -0.321 e. The molecule has 16 heavy (non-hydrogen) atoms. The molecule has 0 fully saturated rings. The Morgan fingerprint density at radius 3 is 2.75 bits per heavy atom. The molecule has 0 radical (unpaired) electrons. The fourth-order valence-corrected chi connectivity index (χ4v) is 1.41. The monoisotopic (exact) mass is 224 g/mol. The predicted octanol–water partition coefficient (Wildman–Crippen LogP) is 1.33. The van der Waals surface area contributed by atoms with Crippen molar-refractivity contribution in [3.8, 4) is 0 Å². The number of nitrogens with one attached hydrogen (secondary N) is 1. The summed E-state index contributed by atoms with van der Waals surface area (Å²) < 4.78 is 25.6. The summed E-state index contributed by atoms with van der Waals surface area (Å²) in [7, 11) is 0. The minimum atomic E-state index is -0.873. The van der Waals surface area contributed by atoms with Crippen LogP contribution in [0.1, 0.15) is 17.4 Å². The van der Waals surface area contributed by atoms with E-state index in [4.69, 9.17) is 5.73 Å². The highest BCUT2D eigenvalue weighted by Gasteiger charge is 2.11. The molecule has 0 saturated heterocycles. The maximum atomic E-state index is 12.9. The molecule has 6 heteroatoms. The van der Waals surface area contributed by atoms with Gasteiger partial charge in [-0.05, 0) is 24.1 Å². The number of nitrogens with two attached hydrogens (primary N) is 1. The van der Waals surface area contributed by atoms with Gasteiger partial charge in [0.1, 0.15) is 12.2 Å². The van der Waals surface area contributed by atoms with Crippen molar-refractivity contribution in [2.24, 2.45) is 5.73 Å². The lowest BCUT2D eigenvalue weighted by atomic mass is 10.1. The zero-order valence-electron chi connectivity index (χ0n) is 8.32. The van der Waals surface area contributed by atoms with Crippen LogP contribution in [0, 0.1) is 11.6 Å². The predicted molar refractivity (Wildman–Crippen MR) is 53.4 cm³/mol. The van der Waals surface area contributed by atoms with Crippen molar-refractivity contribution in [2.75, 3.05) is 0 Å². The number of hydrogen-bond acceptors (Lipinski definition) is 3. The third kappa shape index (κ3) is 2.22. The van der Waals surface area contributed by atoms with Gasteiger partial charge in [0.15, 0.2) is 11.6 Å². The van der Waals surface area contributed by atoms with E-state index in [-0.39, 0.29) is 0 Å². The Hall–Kier alpha value is -1.82. The van der Waals surface area contributed by atoms with E-state index in [0.29, 0.717) is 17.8 Å². The van der Waals surface area contributed by atoms with Gasteiger partial charge in [0.25, 0.3) is 0 Å². The van der Waals surface area contributed by atoms with Crippen molar-refractivity contribution in [2.45, 2.75) is 12.5 Å². The van der Waals surface area contributed by atoms with Crippen LogP contribution in [-0.4, -0.2) is 15.2 Å².